The van der Waals surface area contributed by atoms with Crippen molar-refractivity contribution < 1.29 is 9.53 Å². The highest BCUT2D eigenvalue weighted by Crippen LogP contribution is 2.23. The van der Waals surface area contributed by atoms with Gasteiger partial charge in [-0.3, -0.25) is 10.1 Å². The molecular weight excluding hydrogens is 320 g/mol. The van der Waals surface area contributed by atoms with Gasteiger partial charge in [-0.1, -0.05) is 29.8 Å². The molecule has 0 saturated carbocycles. The van der Waals surface area contributed by atoms with Gasteiger partial charge in [0.15, 0.2) is 5.13 Å². The number of hydrogen-bond acceptors (Lipinski definition) is 4. The SMILES string of the molecule is COc1ccc(Cc2cnc(NC(=O)c3ccc(C)cc3)s2)cc1. The lowest BCUT2D eigenvalue weighted by atomic mass is 10.1. The molecule has 3 aromatic rings. The van der Waals surface area contributed by atoms with Gasteiger partial charge in [-0.15, -0.1) is 11.3 Å². The number of thiazole rings is 1. The van der Waals surface area contributed by atoms with Crippen LogP contribution in [-0.2, 0) is 6.42 Å². The molecule has 0 aliphatic rings. The monoisotopic (exact) mass is 338 g/mol. The Bertz CT molecular complexity index is 823. The molecule has 0 radical (unpaired) electrons. The van der Waals surface area contributed by atoms with Crippen LogP contribution in [0.3, 0.4) is 0 Å². The third kappa shape index (κ3) is 4.00. The number of nitrogens with one attached hydrogen (secondary N) is 1. The van der Waals surface area contributed by atoms with E-state index in [1.54, 1.807) is 13.3 Å². The summed E-state index contributed by atoms with van der Waals surface area (Å²) in [5, 5.41) is 3.47. The van der Waals surface area contributed by atoms with Crippen molar-refractivity contribution in [2.45, 2.75) is 13.3 Å². The smallest absolute Gasteiger partial charge is 0.257 e. The summed E-state index contributed by atoms with van der Waals surface area (Å²) in [6, 6.07) is 15.4. The minimum Gasteiger partial charge on any atom is -0.497 e. The lowest BCUT2D eigenvalue weighted by Crippen LogP contribution is -2.11. The number of anilines is 1. The first-order valence-corrected chi connectivity index (χ1v) is 8.41. The van der Waals surface area contributed by atoms with Gasteiger partial charge in [0.1, 0.15) is 5.75 Å². The Hall–Kier alpha value is -2.66. The van der Waals surface area contributed by atoms with Gasteiger partial charge in [0, 0.05) is 23.1 Å². The number of carbonyl (C=O) groups is 1. The van der Waals surface area contributed by atoms with Gasteiger partial charge in [0.25, 0.3) is 5.91 Å². The number of aromatic nitrogens is 1. The van der Waals surface area contributed by atoms with E-state index in [4.69, 9.17) is 4.74 Å². The van der Waals surface area contributed by atoms with E-state index in [0.29, 0.717) is 10.7 Å². The summed E-state index contributed by atoms with van der Waals surface area (Å²) < 4.78 is 5.16. The Morgan fingerprint density at radius 2 is 1.83 bits per heavy atom. The Morgan fingerprint density at radius 1 is 1.12 bits per heavy atom. The van der Waals surface area contributed by atoms with Crippen molar-refractivity contribution in [3.63, 3.8) is 0 Å². The molecule has 0 aliphatic heterocycles. The molecule has 0 atom stereocenters. The van der Waals surface area contributed by atoms with Crippen LogP contribution in [0.15, 0.2) is 54.7 Å². The number of nitrogens with zero attached hydrogens (tertiary/aromatic N) is 1. The number of methoxy groups -OCH3 is 1. The standard InChI is InChI=1S/C19H18N2O2S/c1-13-3-7-15(8-4-13)18(22)21-19-20-12-17(24-19)11-14-5-9-16(23-2)10-6-14/h3-10,12H,11H2,1-2H3,(H,20,21,22). The van der Waals surface area contributed by atoms with Crippen LogP contribution in [0.25, 0.3) is 0 Å². The molecule has 0 fully saturated rings. The van der Waals surface area contributed by atoms with Crippen molar-refractivity contribution in [2.24, 2.45) is 0 Å². The van der Waals surface area contributed by atoms with Crippen LogP contribution >= 0.6 is 11.3 Å². The van der Waals surface area contributed by atoms with Crippen molar-refractivity contribution in [1.29, 1.82) is 0 Å². The van der Waals surface area contributed by atoms with Crippen molar-refractivity contribution in [1.82, 2.24) is 4.98 Å². The summed E-state index contributed by atoms with van der Waals surface area (Å²) in [5.41, 5.74) is 2.94. The molecule has 0 aliphatic carbocycles. The van der Waals surface area contributed by atoms with E-state index in [0.717, 1.165) is 22.6 Å². The summed E-state index contributed by atoms with van der Waals surface area (Å²) >= 11 is 1.49. The Balaban J connectivity index is 1.64. The van der Waals surface area contributed by atoms with E-state index < -0.39 is 0 Å². The number of carbonyl (C=O) groups excluding carboxylic acids is 1. The second kappa shape index (κ2) is 7.27. The molecule has 0 spiro atoms. The second-order valence-electron chi connectivity index (χ2n) is 5.48. The largest absolute Gasteiger partial charge is 0.497 e. The number of aryl methyl sites for hydroxylation is 1. The highest BCUT2D eigenvalue weighted by atomic mass is 32.1. The Kier molecular flexibility index (Phi) is 4.91. The topological polar surface area (TPSA) is 51.2 Å². The third-order valence-corrected chi connectivity index (χ3v) is 4.54. The fourth-order valence-corrected chi connectivity index (χ4v) is 3.11. The summed E-state index contributed by atoms with van der Waals surface area (Å²) in [6.07, 6.45) is 2.59. The molecule has 1 amide bonds. The zero-order chi connectivity index (χ0) is 16.9. The lowest BCUT2D eigenvalue weighted by molar-refractivity contribution is 0.102. The van der Waals surface area contributed by atoms with Crippen LogP contribution < -0.4 is 10.1 Å². The first-order chi connectivity index (χ1) is 11.6. The zero-order valence-electron chi connectivity index (χ0n) is 13.6. The van der Waals surface area contributed by atoms with Crippen molar-refractivity contribution in [2.75, 3.05) is 12.4 Å². The summed E-state index contributed by atoms with van der Waals surface area (Å²) in [4.78, 5) is 17.6. The zero-order valence-corrected chi connectivity index (χ0v) is 14.4. The quantitative estimate of drug-likeness (QED) is 0.754. The summed E-state index contributed by atoms with van der Waals surface area (Å²) in [7, 11) is 1.65. The van der Waals surface area contributed by atoms with Gasteiger partial charge in [0.05, 0.1) is 7.11 Å². The van der Waals surface area contributed by atoms with E-state index in [1.165, 1.54) is 16.9 Å². The molecule has 1 N–H and O–H groups in total. The second-order valence-corrected chi connectivity index (χ2v) is 6.59. The molecule has 0 bridgehead atoms. The molecule has 2 aromatic carbocycles. The highest BCUT2D eigenvalue weighted by molar-refractivity contribution is 7.15. The number of amides is 1. The highest BCUT2D eigenvalue weighted by Gasteiger charge is 2.09. The maximum Gasteiger partial charge on any atom is 0.257 e. The first-order valence-electron chi connectivity index (χ1n) is 7.60. The average molecular weight is 338 g/mol. The molecular formula is C19H18N2O2S. The summed E-state index contributed by atoms with van der Waals surface area (Å²) in [5.74, 6) is 0.703. The maximum atomic E-state index is 12.2. The van der Waals surface area contributed by atoms with E-state index in [-0.39, 0.29) is 5.91 Å². The van der Waals surface area contributed by atoms with Crippen LogP contribution in [-0.4, -0.2) is 18.0 Å². The molecule has 5 heteroatoms. The van der Waals surface area contributed by atoms with Crippen molar-refractivity contribution >= 4 is 22.4 Å². The van der Waals surface area contributed by atoms with Crippen molar-refractivity contribution in [3.8, 4) is 5.75 Å². The van der Waals surface area contributed by atoms with Gasteiger partial charge in [-0.2, -0.15) is 0 Å². The van der Waals surface area contributed by atoms with Crippen molar-refractivity contribution in [3.05, 3.63) is 76.3 Å². The van der Waals surface area contributed by atoms with Gasteiger partial charge in [0.2, 0.25) is 0 Å². The predicted molar refractivity (Wildman–Crippen MR) is 97.0 cm³/mol. The molecule has 122 valence electrons. The van der Waals surface area contributed by atoms with Gasteiger partial charge in [-0.25, -0.2) is 4.98 Å². The maximum absolute atomic E-state index is 12.2. The normalized spacial score (nSPS) is 10.4. The number of rotatable bonds is 5. The molecule has 3 rings (SSSR count). The fraction of sp³-hybridized carbons (Fsp3) is 0.158. The van der Waals surface area contributed by atoms with E-state index >= 15 is 0 Å². The molecule has 24 heavy (non-hydrogen) atoms. The Labute approximate surface area is 145 Å². The fourth-order valence-electron chi connectivity index (χ4n) is 2.27. The van der Waals surface area contributed by atoms with Gasteiger partial charge >= 0.3 is 0 Å². The first kappa shape index (κ1) is 16.2. The van der Waals surface area contributed by atoms with Crippen LogP contribution in [0.1, 0.15) is 26.4 Å². The number of hydrogen-bond donors (Lipinski definition) is 1. The number of ether oxygens (including phenoxy) is 1. The lowest BCUT2D eigenvalue weighted by Gasteiger charge is -2.02. The third-order valence-electron chi connectivity index (χ3n) is 3.63. The molecule has 1 heterocycles. The van der Waals surface area contributed by atoms with Gasteiger partial charge < -0.3 is 4.74 Å². The van der Waals surface area contributed by atoms with Gasteiger partial charge in [-0.05, 0) is 36.8 Å². The van der Waals surface area contributed by atoms with Crippen LogP contribution in [0, 0.1) is 6.92 Å². The Morgan fingerprint density at radius 3 is 2.50 bits per heavy atom. The predicted octanol–water partition coefficient (Wildman–Crippen LogP) is 4.30. The van der Waals surface area contributed by atoms with E-state index in [2.05, 4.69) is 10.3 Å². The van der Waals surface area contributed by atoms with E-state index in [9.17, 15) is 4.79 Å². The molecule has 4 nitrogen and oxygen atoms in total. The minimum absolute atomic E-state index is 0.139. The van der Waals surface area contributed by atoms with Crippen LogP contribution in [0.2, 0.25) is 0 Å². The summed E-state index contributed by atoms with van der Waals surface area (Å²) in [6.45, 7) is 1.99. The minimum atomic E-state index is -0.139. The van der Waals surface area contributed by atoms with Crippen LogP contribution in [0.5, 0.6) is 5.75 Å². The number of benzene rings is 2. The molecule has 1 aromatic heterocycles. The van der Waals surface area contributed by atoms with E-state index in [1.807, 2.05) is 55.5 Å². The molecule has 0 saturated heterocycles. The molecule has 0 unspecified atom stereocenters. The average Bonchev–Trinajstić information content (AvgIpc) is 3.03. The van der Waals surface area contributed by atoms with Crippen LogP contribution in [0.4, 0.5) is 5.13 Å².